The number of carbonyl (C=O) groups is 1. The van der Waals surface area contributed by atoms with Crippen molar-refractivity contribution in [2.45, 2.75) is 32.2 Å². The lowest BCUT2D eigenvalue weighted by Crippen LogP contribution is -2.32. The van der Waals surface area contributed by atoms with Crippen LogP contribution in [-0.4, -0.2) is 37.7 Å². The van der Waals surface area contributed by atoms with Crippen LogP contribution < -0.4 is 10.2 Å². The smallest absolute Gasteiger partial charge is 0.290 e. The van der Waals surface area contributed by atoms with Crippen LogP contribution in [0.2, 0.25) is 5.02 Å². The molecule has 168 valence electrons. The number of ether oxygens (including phenoxy) is 2. The Morgan fingerprint density at radius 2 is 1.94 bits per heavy atom. The minimum absolute atomic E-state index is 0.0696. The molecule has 1 aliphatic rings. The van der Waals surface area contributed by atoms with Crippen LogP contribution in [0.25, 0.3) is 11.0 Å². The zero-order valence-corrected chi connectivity index (χ0v) is 19.0. The normalized spacial score (nSPS) is 15.4. The second kappa shape index (κ2) is 9.76. The van der Waals surface area contributed by atoms with Crippen LogP contribution >= 0.6 is 11.6 Å². The third-order valence-corrected chi connectivity index (χ3v) is 5.89. The van der Waals surface area contributed by atoms with Gasteiger partial charge in [0.1, 0.15) is 11.3 Å². The topological polar surface area (TPSA) is 69.0 Å². The van der Waals surface area contributed by atoms with Gasteiger partial charge in [-0.2, -0.15) is 0 Å². The van der Waals surface area contributed by atoms with E-state index in [9.17, 15) is 9.59 Å². The van der Waals surface area contributed by atoms with E-state index >= 15 is 0 Å². The van der Waals surface area contributed by atoms with Crippen molar-refractivity contribution in [3.05, 3.63) is 74.6 Å². The van der Waals surface area contributed by atoms with Crippen LogP contribution in [0.15, 0.2) is 51.7 Å². The van der Waals surface area contributed by atoms with Crippen molar-refractivity contribution >= 4 is 28.5 Å². The standard InChI is InChI=1S/C25H26ClNO5/c1-3-4-5-12-31-18-8-6-7-16(14-18)22-21-23(28)19-15-17(26)9-10-20(19)32-24(21)25(29)27(22)11-13-30-2/h6-10,14-15,22H,3-5,11-13H2,1-2H3. The van der Waals surface area contributed by atoms with E-state index in [0.717, 1.165) is 24.8 Å². The molecule has 0 fully saturated rings. The second-order valence-corrected chi connectivity index (χ2v) is 8.27. The average molecular weight is 456 g/mol. The van der Waals surface area contributed by atoms with Gasteiger partial charge in [0.2, 0.25) is 5.76 Å². The van der Waals surface area contributed by atoms with Gasteiger partial charge in [-0.05, 0) is 42.3 Å². The molecule has 0 spiro atoms. The van der Waals surface area contributed by atoms with Gasteiger partial charge in [-0.3, -0.25) is 9.59 Å². The highest BCUT2D eigenvalue weighted by Gasteiger charge is 2.42. The minimum atomic E-state index is -0.591. The summed E-state index contributed by atoms with van der Waals surface area (Å²) in [7, 11) is 1.58. The number of carbonyl (C=O) groups excluding carboxylic acids is 1. The molecule has 0 saturated heterocycles. The Morgan fingerprint density at radius 1 is 1.09 bits per heavy atom. The van der Waals surface area contributed by atoms with Gasteiger partial charge in [0.15, 0.2) is 5.43 Å². The quantitative estimate of drug-likeness (QED) is 0.414. The van der Waals surface area contributed by atoms with E-state index in [4.69, 9.17) is 25.5 Å². The van der Waals surface area contributed by atoms with Gasteiger partial charge < -0.3 is 18.8 Å². The number of amides is 1. The van der Waals surface area contributed by atoms with Crippen molar-refractivity contribution < 1.29 is 18.7 Å². The number of fused-ring (bicyclic) bond motifs is 2. The van der Waals surface area contributed by atoms with Gasteiger partial charge in [-0.1, -0.05) is 43.5 Å². The summed E-state index contributed by atoms with van der Waals surface area (Å²) in [5.41, 5.74) is 1.20. The maximum absolute atomic E-state index is 13.5. The Kier molecular flexibility index (Phi) is 6.82. The van der Waals surface area contributed by atoms with Crippen molar-refractivity contribution in [2.24, 2.45) is 0 Å². The van der Waals surface area contributed by atoms with Crippen LogP contribution in [-0.2, 0) is 4.74 Å². The van der Waals surface area contributed by atoms with Crippen LogP contribution in [0.4, 0.5) is 0 Å². The van der Waals surface area contributed by atoms with Crippen molar-refractivity contribution in [1.82, 2.24) is 4.90 Å². The maximum atomic E-state index is 13.5. The Balaban J connectivity index is 1.80. The zero-order valence-electron chi connectivity index (χ0n) is 18.2. The van der Waals surface area contributed by atoms with Gasteiger partial charge in [-0.25, -0.2) is 0 Å². The molecule has 0 radical (unpaired) electrons. The Hall–Kier alpha value is -2.83. The molecule has 32 heavy (non-hydrogen) atoms. The van der Waals surface area contributed by atoms with E-state index in [0.29, 0.717) is 47.1 Å². The number of rotatable bonds is 9. The molecule has 0 bridgehead atoms. The van der Waals surface area contributed by atoms with Gasteiger partial charge in [0.05, 0.1) is 30.2 Å². The lowest BCUT2D eigenvalue weighted by Gasteiger charge is -2.25. The highest BCUT2D eigenvalue weighted by atomic mass is 35.5. The first kappa shape index (κ1) is 22.4. The van der Waals surface area contributed by atoms with E-state index in [1.807, 2.05) is 24.3 Å². The largest absolute Gasteiger partial charge is 0.494 e. The summed E-state index contributed by atoms with van der Waals surface area (Å²) >= 11 is 6.12. The summed E-state index contributed by atoms with van der Waals surface area (Å²) in [6.07, 6.45) is 3.19. The fourth-order valence-electron chi connectivity index (χ4n) is 4.08. The van der Waals surface area contributed by atoms with E-state index in [-0.39, 0.29) is 17.1 Å². The summed E-state index contributed by atoms with van der Waals surface area (Å²) < 4.78 is 17.0. The van der Waals surface area contributed by atoms with Gasteiger partial charge in [0, 0.05) is 18.7 Å². The maximum Gasteiger partial charge on any atom is 0.290 e. The summed E-state index contributed by atoms with van der Waals surface area (Å²) in [4.78, 5) is 28.4. The molecular weight excluding hydrogens is 430 g/mol. The van der Waals surface area contributed by atoms with Crippen LogP contribution in [0.1, 0.15) is 53.9 Å². The van der Waals surface area contributed by atoms with E-state index in [1.54, 1.807) is 30.2 Å². The third kappa shape index (κ3) is 4.25. The van der Waals surface area contributed by atoms with Gasteiger partial charge in [0.25, 0.3) is 5.91 Å². The van der Waals surface area contributed by atoms with Crippen molar-refractivity contribution in [3.8, 4) is 5.75 Å². The Bertz CT molecular complexity index is 1190. The molecule has 2 heterocycles. The fourth-order valence-corrected chi connectivity index (χ4v) is 4.25. The van der Waals surface area contributed by atoms with E-state index in [1.165, 1.54) is 0 Å². The summed E-state index contributed by atoms with van der Waals surface area (Å²) in [5, 5.41) is 0.791. The molecule has 1 atom stereocenters. The first-order valence-corrected chi connectivity index (χ1v) is 11.2. The molecule has 0 saturated carbocycles. The minimum Gasteiger partial charge on any atom is -0.494 e. The average Bonchev–Trinajstić information content (AvgIpc) is 3.08. The second-order valence-electron chi connectivity index (χ2n) is 7.84. The molecule has 7 heteroatoms. The number of nitrogens with zero attached hydrogens (tertiary/aromatic N) is 1. The first-order chi connectivity index (χ1) is 15.5. The monoisotopic (exact) mass is 455 g/mol. The number of hydrogen-bond donors (Lipinski definition) is 0. The number of halogens is 1. The zero-order chi connectivity index (χ0) is 22.7. The molecule has 1 aliphatic heterocycles. The van der Waals surface area contributed by atoms with Crippen molar-refractivity contribution in [2.75, 3.05) is 26.9 Å². The summed E-state index contributed by atoms with van der Waals surface area (Å²) in [6, 6.07) is 11.8. The predicted molar refractivity (Wildman–Crippen MR) is 124 cm³/mol. The Morgan fingerprint density at radius 3 is 2.72 bits per heavy atom. The van der Waals surface area contributed by atoms with Gasteiger partial charge >= 0.3 is 0 Å². The summed E-state index contributed by atoms with van der Waals surface area (Å²) in [6.45, 7) is 3.42. The van der Waals surface area contributed by atoms with Crippen LogP contribution in [0.5, 0.6) is 5.75 Å². The number of benzene rings is 2. The number of unbranched alkanes of at least 4 members (excludes halogenated alkanes) is 2. The van der Waals surface area contributed by atoms with Crippen LogP contribution in [0.3, 0.4) is 0 Å². The molecule has 1 unspecified atom stereocenters. The molecule has 6 nitrogen and oxygen atoms in total. The molecule has 0 N–H and O–H groups in total. The molecule has 2 aromatic carbocycles. The van der Waals surface area contributed by atoms with E-state index in [2.05, 4.69) is 6.92 Å². The highest BCUT2D eigenvalue weighted by Crippen LogP contribution is 2.39. The molecule has 0 aliphatic carbocycles. The number of hydrogen-bond acceptors (Lipinski definition) is 5. The Labute approximate surface area is 191 Å². The van der Waals surface area contributed by atoms with Crippen LogP contribution in [0, 0.1) is 0 Å². The number of methoxy groups -OCH3 is 1. The molecular formula is C25H26ClNO5. The highest BCUT2D eigenvalue weighted by molar-refractivity contribution is 6.31. The van der Waals surface area contributed by atoms with Crippen molar-refractivity contribution in [1.29, 1.82) is 0 Å². The third-order valence-electron chi connectivity index (χ3n) is 5.65. The lowest BCUT2D eigenvalue weighted by molar-refractivity contribution is 0.0663. The predicted octanol–water partition coefficient (Wildman–Crippen LogP) is 5.21. The van der Waals surface area contributed by atoms with Crippen molar-refractivity contribution in [3.63, 3.8) is 0 Å². The molecule has 1 aromatic heterocycles. The first-order valence-electron chi connectivity index (χ1n) is 10.8. The molecule has 4 rings (SSSR count). The summed E-state index contributed by atoms with van der Waals surface area (Å²) in [5.74, 6) is 0.449. The molecule has 3 aromatic rings. The molecule has 1 amide bonds. The van der Waals surface area contributed by atoms with Gasteiger partial charge in [-0.15, -0.1) is 0 Å². The fraction of sp³-hybridized carbons (Fsp3) is 0.360. The lowest BCUT2D eigenvalue weighted by atomic mass is 9.98. The SMILES string of the molecule is CCCCCOc1cccc(C2c3c(oc4ccc(Cl)cc4c3=O)C(=O)N2CCOC)c1. The van der Waals surface area contributed by atoms with E-state index < -0.39 is 6.04 Å².